The first kappa shape index (κ1) is 31.2. The lowest BCUT2D eigenvalue weighted by atomic mass is 9.98. The minimum Gasteiger partial charge on any atom is -0.456 e. The molecule has 0 bridgehead atoms. The highest BCUT2D eigenvalue weighted by molar-refractivity contribution is 6.19. The monoisotopic (exact) mass is 702 g/mol. The van der Waals surface area contributed by atoms with Gasteiger partial charge in [0, 0.05) is 44.3 Å². The van der Waals surface area contributed by atoms with Crippen molar-refractivity contribution in [3.8, 4) is 27.9 Å². The second kappa shape index (κ2) is 12.6. The zero-order valence-electron chi connectivity index (χ0n) is 29.9. The van der Waals surface area contributed by atoms with Gasteiger partial charge in [0.25, 0.3) is 0 Å². The van der Waals surface area contributed by atoms with Crippen LogP contribution in [0, 0.1) is 0 Å². The molecule has 258 valence electrons. The predicted molar refractivity (Wildman–Crippen MR) is 231 cm³/mol. The van der Waals surface area contributed by atoms with E-state index in [9.17, 15) is 0 Å². The molecule has 2 aromatic heterocycles. The first-order chi connectivity index (χ1) is 27.3. The number of para-hydroxylation sites is 3. The highest BCUT2D eigenvalue weighted by atomic mass is 16.3. The average Bonchev–Trinajstić information content (AvgIpc) is 3.81. The Morgan fingerprint density at radius 3 is 1.69 bits per heavy atom. The molecular weight excluding hydrogens is 669 g/mol. The zero-order valence-corrected chi connectivity index (χ0v) is 29.9. The van der Waals surface area contributed by atoms with Crippen LogP contribution < -0.4 is 4.90 Å². The van der Waals surface area contributed by atoms with E-state index in [1.807, 2.05) is 12.1 Å². The van der Waals surface area contributed by atoms with Crippen molar-refractivity contribution in [2.75, 3.05) is 4.90 Å². The van der Waals surface area contributed by atoms with Gasteiger partial charge in [0.1, 0.15) is 11.2 Å². The Labute approximate surface area is 318 Å². The molecule has 0 radical (unpaired) electrons. The molecular formula is C52H34N2O. The van der Waals surface area contributed by atoms with E-state index in [-0.39, 0.29) is 0 Å². The lowest BCUT2D eigenvalue weighted by Crippen LogP contribution is -2.10. The molecule has 11 aromatic rings. The smallest absolute Gasteiger partial charge is 0.136 e. The maximum absolute atomic E-state index is 6.17. The van der Waals surface area contributed by atoms with Crippen LogP contribution in [0.15, 0.2) is 211 Å². The first-order valence-corrected chi connectivity index (χ1v) is 18.8. The van der Waals surface area contributed by atoms with Crippen LogP contribution in [-0.4, -0.2) is 4.57 Å². The molecule has 0 aliphatic rings. The molecule has 0 unspecified atom stereocenters. The molecule has 55 heavy (non-hydrogen) atoms. The van der Waals surface area contributed by atoms with Gasteiger partial charge in [0.05, 0.1) is 11.0 Å². The lowest BCUT2D eigenvalue weighted by Gasteiger charge is -2.26. The third kappa shape index (κ3) is 5.20. The van der Waals surface area contributed by atoms with E-state index in [0.29, 0.717) is 0 Å². The number of fused-ring (bicyclic) bond motifs is 8. The largest absolute Gasteiger partial charge is 0.456 e. The second-order valence-electron chi connectivity index (χ2n) is 14.2. The Hall–Kier alpha value is -7.36. The van der Waals surface area contributed by atoms with E-state index >= 15 is 0 Å². The summed E-state index contributed by atoms with van der Waals surface area (Å²) in [7, 11) is 0. The molecule has 11 rings (SSSR count). The molecule has 0 amide bonds. The number of aromatic nitrogens is 1. The van der Waals surface area contributed by atoms with Crippen molar-refractivity contribution in [2.45, 2.75) is 0 Å². The van der Waals surface area contributed by atoms with E-state index in [4.69, 9.17) is 4.42 Å². The van der Waals surface area contributed by atoms with Crippen LogP contribution >= 0.6 is 0 Å². The molecule has 3 nitrogen and oxygen atoms in total. The van der Waals surface area contributed by atoms with Gasteiger partial charge in [-0.2, -0.15) is 0 Å². The number of benzene rings is 9. The number of hydrogen-bond acceptors (Lipinski definition) is 2. The summed E-state index contributed by atoms with van der Waals surface area (Å²) in [5, 5.41) is 7.18. The van der Waals surface area contributed by atoms with Gasteiger partial charge in [-0.05, 0) is 112 Å². The van der Waals surface area contributed by atoms with Crippen molar-refractivity contribution in [1.29, 1.82) is 0 Å². The summed E-state index contributed by atoms with van der Waals surface area (Å²) in [6.07, 6.45) is 0. The lowest BCUT2D eigenvalue weighted by molar-refractivity contribution is 0.669. The Kier molecular flexibility index (Phi) is 7.17. The summed E-state index contributed by atoms with van der Waals surface area (Å²) in [6, 6.07) is 74.0. The number of furan rings is 1. The van der Waals surface area contributed by atoms with E-state index in [2.05, 4.69) is 204 Å². The van der Waals surface area contributed by atoms with Gasteiger partial charge in [-0.25, -0.2) is 0 Å². The number of nitrogens with zero attached hydrogens (tertiary/aromatic N) is 2. The van der Waals surface area contributed by atoms with Gasteiger partial charge >= 0.3 is 0 Å². The second-order valence-corrected chi connectivity index (χ2v) is 14.2. The fourth-order valence-corrected chi connectivity index (χ4v) is 8.37. The van der Waals surface area contributed by atoms with Crippen LogP contribution in [0.25, 0.3) is 82.5 Å². The molecule has 0 fully saturated rings. The Bertz CT molecular complexity index is 3180. The summed E-state index contributed by atoms with van der Waals surface area (Å²) in [4.78, 5) is 2.37. The predicted octanol–water partition coefficient (Wildman–Crippen LogP) is 14.6. The number of rotatable bonds is 6. The maximum atomic E-state index is 6.17. The van der Waals surface area contributed by atoms with Crippen LogP contribution in [0.4, 0.5) is 17.1 Å². The molecule has 0 saturated heterocycles. The third-order valence-electron chi connectivity index (χ3n) is 11.0. The van der Waals surface area contributed by atoms with Gasteiger partial charge in [0.2, 0.25) is 0 Å². The molecule has 0 aliphatic heterocycles. The maximum Gasteiger partial charge on any atom is 0.136 e. The standard InChI is InChI=1S/C52H34N2O/c1-3-11-35(12-4-1)36-19-25-41(26-20-36)53(43-29-31-49-47(34-43)45-15-7-9-17-48(45)54(49)40-13-5-2-6-14-40)42-27-21-37(22-28-42)38-23-30-44-39(33-38)24-32-51-52(44)46-16-8-10-18-50(46)55-51/h1-34H. The van der Waals surface area contributed by atoms with Gasteiger partial charge in [-0.3, -0.25) is 0 Å². The minimum absolute atomic E-state index is 0.921. The van der Waals surface area contributed by atoms with Gasteiger partial charge < -0.3 is 13.9 Å². The van der Waals surface area contributed by atoms with E-state index in [1.165, 1.54) is 60.2 Å². The molecule has 0 N–H and O–H groups in total. The van der Waals surface area contributed by atoms with Crippen LogP contribution in [-0.2, 0) is 0 Å². The molecule has 9 aromatic carbocycles. The van der Waals surface area contributed by atoms with Gasteiger partial charge in [0.15, 0.2) is 0 Å². The average molecular weight is 703 g/mol. The first-order valence-electron chi connectivity index (χ1n) is 18.8. The highest BCUT2D eigenvalue weighted by Gasteiger charge is 2.18. The molecule has 0 saturated carbocycles. The summed E-state index contributed by atoms with van der Waals surface area (Å²) in [5.41, 5.74) is 13.4. The molecule has 3 heteroatoms. The van der Waals surface area contributed by atoms with Crippen LogP contribution in [0.3, 0.4) is 0 Å². The van der Waals surface area contributed by atoms with Crippen molar-refractivity contribution in [2.24, 2.45) is 0 Å². The SMILES string of the molecule is c1ccc(-c2ccc(N(c3ccc(-c4ccc5c(ccc6oc7ccccc7c65)c4)cc3)c3ccc4c(c3)c3ccccc3n4-c3ccccc3)cc2)cc1. The van der Waals surface area contributed by atoms with Crippen LogP contribution in [0.5, 0.6) is 0 Å². The summed E-state index contributed by atoms with van der Waals surface area (Å²) < 4.78 is 8.54. The zero-order chi connectivity index (χ0) is 36.3. The third-order valence-corrected chi connectivity index (χ3v) is 11.0. The van der Waals surface area contributed by atoms with Gasteiger partial charge in [-0.1, -0.05) is 127 Å². The quantitative estimate of drug-likeness (QED) is 0.172. The molecule has 0 atom stereocenters. The Morgan fingerprint density at radius 1 is 0.345 bits per heavy atom. The summed E-state index contributed by atoms with van der Waals surface area (Å²) in [5.74, 6) is 0. The van der Waals surface area contributed by atoms with Crippen molar-refractivity contribution in [3.05, 3.63) is 206 Å². The van der Waals surface area contributed by atoms with Crippen molar-refractivity contribution >= 4 is 71.6 Å². The molecule has 0 aliphatic carbocycles. The fourth-order valence-electron chi connectivity index (χ4n) is 8.37. The van der Waals surface area contributed by atoms with Crippen LogP contribution in [0.1, 0.15) is 0 Å². The number of hydrogen-bond donors (Lipinski definition) is 0. The highest BCUT2D eigenvalue weighted by Crippen LogP contribution is 2.41. The number of anilines is 3. The topological polar surface area (TPSA) is 21.3 Å². The van der Waals surface area contributed by atoms with E-state index in [0.717, 1.165) is 39.3 Å². The van der Waals surface area contributed by atoms with Crippen molar-refractivity contribution < 1.29 is 4.42 Å². The van der Waals surface area contributed by atoms with Crippen LogP contribution in [0.2, 0.25) is 0 Å². The minimum atomic E-state index is 0.921. The summed E-state index contributed by atoms with van der Waals surface area (Å²) in [6.45, 7) is 0. The molecule has 2 heterocycles. The fraction of sp³-hybridized carbons (Fsp3) is 0. The van der Waals surface area contributed by atoms with Crippen molar-refractivity contribution in [3.63, 3.8) is 0 Å². The summed E-state index contributed by atoms with van der Waals surface area (Å²) >= 11 is 0. The van der Waals surface area contributed by atoms with Gasteiger partial charge in [-0.15, -0.1) is 0 Å². The normalized spacial score (nSPS) is 11.6. The Morgan fingerprint density at radius 2 is 0.927 bits per heavy atom. The molecule has 0 spiro atoms. The van der Waals surface area contributed by atoms with Crippen molar-refractivity contribution in [1.82, 2.24) is 4.57 Å². The van der Waals surface area contributed by atoms with E-state index in [1.54, 1.807) is 0 Å². The Balaban J connectivity index is 1.03. The van der Waals surface area contributed by atoms with E-state index < -0.39 is 0 Å².